The first kappa shape index (κ1) is 19.1. The molecule has 0 unspecified atom stereocenters. The molecule has 5 nitrogen and oxygen atoms in total. The Labute approximate surface area is 163 Å². The summed E-state index contributed by atoms with van der Waals surface area (Å²) in [6, 6.07) is 12.0. The van der Waals surface area contributed by atoms with Crippen molar-refractivity contribution in [2.24, 2.45) is 0 Å². The van der Waals surface area contributed by atoms with E-state index in [1.54, 1.807) is 24.3 Å². The molecule has 9 heteroatoms. The summed E-state index contributed by atoms with van der Waals surface area (Å²) in [5.41, 5.74) is -0.579. The number of hydrogen-bond donors (Lipinski definition) is 0. The predicted octanol–water partition coefficient (Wildman–Crippen LogP) is 3.75. The number of hydrogen-bond acceptors (Lipinski definition) is 4. The number of fused-ring (bicyclic) bond motifs is 1. The molecule has 1 saturated heterocycles. The van der Waals surface area contributed by atoms with Crippen LogP contribution in [-0.2, 0) is 6.18 Å². The molecule has 4 rings (SSSR count). The maximum Gasteiger partial charge on any atom is 0.437 e. The molecule has 0 atom stereocenters. The van der Waals surface area contributed by atoms with Crippen molar-refractivity contribution in [2.45, 2.75) is 6.18 Å². The van der Waals surface area contributed by atoms with Crippen LogP contribution in [0.25, 0.3) is 11.0 Å². The highest BCUT2D eigenvalue weighted by Crippen LogP contribution is 2.35. The molecular formula is C20H16F4N4O. The Hall–Kier alpha value is -3.23. The first-order valence-corrected chi connectivity index (χ1v) is 8.97. The average molecular weight is 404 g/mol. The van der Waals surface area contributed by atoms with Crippen molar-refractivity contribution in [1.82, 2.24) is 14.9 Å². The van der Waals surface area contributed by atoms with E-state index < -0.39 is 23.6 Å². The largest absolute Gasteiger partial charge is 0.437 e. The number of nitrogens with zero attached hydrogens (tertiary/aromatic N) is 4. The number of aromatic nitrogens is 2. The van der Waals surface area contributed by atoms with Gasteiger partial charge in [0.2, 0.25) is 0 Å². The third-order valence-electron chi connectivity index (χ3n) is 4.79. The highest BCUT2D eigenvalue weighted by molar-refractivity contribution is 5.94. The first-order chi connectivity index (χ1) is 13.8. The van der Waals surface area contributed by atoms with Gasteiger partial charge in [-0.3, -0.25) is 4.79 Å². The molecule has 0 N–H and O–H groups in total. The SMILES string of the molecule is O=C(c1ccccc1F)N1CCN(c2nc3ccccc3nc2C(F)(F)F)CC1. The van der Waals surface area contributed by atoms with E-state index in [0.717, 1.165) is 0 Å². The van der Waals surface area contributed by atoms with E-state index >= 15 is 0 Å². The summed E-state index contributed by atoms with van der Waals surface area (Å²) in [5, 5.41) is 0. The molecule has 1 aliphatic rings. The van der Waals surface area contributed by atoms with Crippen LogP contribution in [0.4, 0.5) is 23.4 Å². The fourth-order valence-corrected chi connectivity index (χ4v) is 3.33. The second-order valence-corrected chi connectivity index (χ2v) is 6.64. The van der Waals surface area contributed by atoms with Crippen LogP contribution in [0.3, 0.4) is 0 Å². The number of carbonyl (C=O) groups excluding carboxylic acids is 1. The second-order valence-electron chi connectivity index (χ2n) is 6.64. The average Bonchev–Trinajstić information content (AvgIpc) is 2.72. The molecule has 1 amide bonds. The first-order valence-electron chi connectivity index (χ1n) is 8.97. The zero-order valence-corrected chi connectivity index (χ0v) is 15.2. The third kappa shape index (κ3) is 3.72. The predicted molar refractivity (Wildman–Crippen MR) is 99.1 cm³/mol. The molecule has 0 spiro atoms. The number of piperazine rings is 1. The number of alkyl halides is 3. The van der Waals surface area contributed by atoms with Gasteiger partial charge in [-0.25, -0.2) is 14.4 Å². The van der Waals surface area contributed by atoms with E-state index in [0.29, 0.717) is 5.52 Å². The third-order valence-corrected chi connectivity index (χ3v) is 4.79. The minimum Gasteiger partial charge on any atom is -0.351 e. The summed E-state index contributed by atoms with van der Waals surface area (Å²) >= 11 is 0. The standard InChI is InChI=1S/C20H16F4N4O/c21-14-6-2-1-5-13(14)19(29)28-11-9-27(10-12-28)18-17(20(22,23)24)25-15-7-3-4-8-16(15)26-18/h1-8H,9-12H2. The lowest BCUT2D eigenvalue weighted by Crippen LogP contribution is -2.49. The Kier molecular flexibility index (Phi) is 4.81. The Morgan fingerprint density at radius 1 is 0.862 bits per heavy atom. The number of benzene rings is 2. The van der Waals surface area contributed by atoms with Crippen molar-refractivity contribution >= 4 is 22.8 Å². The van der Waals surface area contributed by atoms with Crippen LogP contribution in [0.15, 0.2) is 48.5 Å². The van der Waals surface area contributed by atoms with Crippen LogP contribution in [0.2, 0.25) is 0 Å². The number of para-hydroxylation sites is 2. The highest BCUT2D eigenvalue weighted by atomic mass is 19.4. The minimum absolute atomic E-state index is 0.0533. The zero-order valence-electron chi connectivity index (χ0n) is 15.2. The number of carbonyl (C=O) groups is 1. The van der Waals surface area contributed by atoms with Crippen molar-refractivity contribution in [3.63, 3.8) is 0 Å². The number of anilines is 1. The molecule has 1 aliphatic heterocycles. The Bertz CT molecular complexity index is 1060. The summed E-state index contributed by atoms with van der Waals surface area (Å²) < 4.78 is 54.6. The molecule has 0 radical (unpaired) electrons. The minimum atomic E-state index is -4.66. The van der Waals surface area contributed by atoms with E-state index in [2.05, 4.69) is 9.97 Å². The zero-order chi connectivity index (χ0) is 20.6. The van der Waals surface area contributed by atoms with Gasteiger partial charge in [0.15, 0.2) is 11.5 Å². The van der Waals surface area contributed by atoms with E-state index in [1.165, 1.54) is 34.1 Å². The van der Waals surface area contributed by atoms with Gasteiger partial charge < -0.3 is 9.80 Å². The van der Waals surface area contributed by atoms with E-state index in [-0.39, 0.29) is 43.1 Å². The topological polar surface area (TPSA) is 49.3 Å². The van der Waals surface area contributed by atoms with E-state index in [9.17, 15) is 22.4 Å². The normalized spacial score (nSPS) is 15.0. The molecule has 3 aromatic rings. The van der Waals surface area contributed by atoms with Crippen LogP contribution in [0.5, 0.6) is 0 Å². The molecule has 29 heavy (non-hydrogen) atoms. The van der Waals surface area contributed by atoms with Crippen LogP contribution < -0.4 is 4.90 Å². The van der Waals surface area contributed by atoms with Crippen molar-refractivity contribution < 1.29 is 22.4 Å². The smallest absolute Gasteiger partial charge is 0.351 e. The van der Waals surface area contributed by atoms with Crippen LogP contribution in [0.1, 0.15) is 16.1 Å². The maximum absolute atomic E-state index is 13.9. The van der Waals surface area contributed by atoms with Crippen LogP contribution in [-0.4, -0.2) is 47.0 Å². The summed E-state index contributed by atoms with van der Waals surface area (Å²) in [4.78, 5) is 23.4. The molecule has 0 bridgehead atoms. The van der Waals surface area contributed by atoms with Crippen molar-refractivity contribution in [1.29, 1.82) is 0 Å². The van der Waals surface area contributed by atoms with E-state index in [4.69, 9.17) is 0 Å². The molecule has 0 saturated carbocycles. The molecule has 150 valence electrons. The van der Waals surface area contributed by atoms with Crippen LogP contribution in [0, 0.1) is 5.82 Å². The van der Waals surface area contributed by atoms with Gasteiger partial charge in [0.05, 0.1) is 16.6 Å². The molecule has 2 heterocycles. The summed E-state index contributed by atoms with van der Waals surface area (Å²) in [5.74, 6) is -1.36. The Morgan fingerprint density at radius 3 is 2.07 bits per heavy atom. The molecule has 1 fully saturated rings. The Morgan fingerprint density at radius 2 is 1.45 bits per heavy atom. The molecule has 2 aromatic carbocycles. The summed E-state index contributed by atoms with van der Waals surface area (Å²) in [6.07, 6.45) is -4.66. The maximum atomic E-state index is 13.9. The molecular weight excluding hydrogens is 388 g/mol. The quantitative estimate of drug-likeness (QED) is 0.611. The van der Waals surface area contributed by atoms with Gasteiger partial charge in [-0.2, -0.15) is 13.2 Å². The summed E-state index contributed by atoms with van der Waals surface area (Å²) in [7, 11) is 0. The van der Waals surface area contributed by atoms with Gasteiger partial charge in [0.1, 0.15) is 5.82 Å². The van der Waals surface area contributed by atoms with Crippen molar-refractivity contribution in [3.8, 4) is 0 Å². The fraction of sp³-hybridized carbons (Fsp3) is 0.250. The number of amides is 1. The van der Waals surface area contributed by atoms with Crippen LogP contribution >= 0.6 is 0 Å². The monoisotopic (exact) mass is 404 g/mol. The van der Waals surface area contributed by atoms with Gasteiger partial charge >= 0.3 is 6.18 Å². The lowest BCUT2D eigenvalue weighted by atomic mass is 10.1. The molecule has 1 aromatic heterocycles. The van der Waals surface area contributed by atoms with Crippen molar-refractivity contribution in [2.75, 3.05) is 31.1 Å². The number of rotatable bonds is 2. The van der Waals surface area contributed by atoms with E-state index in [1.807, 2.05) is 0 Å². The Balaban J connectivity index is 1.59. The lowest BCUT2D eigenvalue weighted by Gasteiger charge is -2.36. The van der Waals surface area contributed by atoms with Crippen molar-refractivity contribution in [3.05, 3.63) is 65.6 Å². The number of halogens is 4. The van der Waals surface area contributed by atoms with Gasteiger partial charge in [-0.1, -0.05) is 24.3 Å². The second kappa shape index (κ2) is 7.31. The van der Waals surface area contributed by atoms with Gasteiger partial charge in [0, 0.05) is 26.2 Å². The van der Waals surface area contributed by atoms with Gasteiger partial charge in [-0.15, -0.1) is 0 Å². The lowest BCUT2D eigenvalue weighted by molar-refractivity contribution is -0.140. The summed E-state index contributed by atoms with van der Waals surface area (Å²) in [6.45, 7) is 0.574. The fourth-order valence-electron chi connectivity index (χ4n) is 3.33. The highest BCUT2D eigenvalue weighted by Gasteiger charge is 2.39. The van der Waals surface area contributed by atoms with Gasteiger partial charge in [-0.05, 0) is 24.3 Å². The molecule has 0 aliphatic carbocycles. The van der Waals surface area contributed by atoms with Gasteiger partial charge in [0.25, 0.3) is 5.91 Å².